The Kier molecular flexibility index (Phi) is 7.97. The number of benzene rings is 2. The van der Waals surface area contributed by atoms with Crippen LogP contribution in [0.25, 0.3) is 16.7 Å². The summed E-state index contributed by atoms with van der Waals surface area (Å²) >= 11 is 0. The van der Waals surface area contributed by atoms with Crippen molar-refractivity contribution in [2.24, 2.45) is 5.92 Å². The monoisotopic (exact) mass is 466 g/mol. The zero-order valence-corrected chi connectivity index (χ0v) is 19.9. The lowest BCUT2D eigenvalue weighted by Gasteiger charge is -2.26. The molecular weight excluding hydrogens is 433 g/mol. The molecule has 2 aromatic carbocycles. The van der Waals surface area contributed by atoms with E-state index < -0.39 is 12.3 Å². The van der Waals surface area contributed by atoms with E-state index in [-0.39, 0.29) is 17.1 Å². The van der Waals surface area contributed by atoms with Gasteiger partial charge in [-0.2, -0.15) is 0 Å². The number of hydrogen-bond donors (Lipinski definition) is 0. The Balaban J connectivity index is 1.47. The molecular formula is C30H33F3O. The minimum absolute atomic E-state index is 0.0203. The maximum Gasteiger partial charge on any atom is 0.192 e. The second kappa shape index (κ2) is 11.1. The smallest absolute Gasteiger partial charge is 0.192 e. The molecule has 1 nitrogen and oxygen atoms in total. The van der Waals surface area contributed by atoms with Gasteiger partial charge in [0.15, 0.2) is 12.3 Å². The third-order valence-electron chi connectivity index (χ3n) is 7.05. The van der Waals surface area contributed by atoms with Crippen molar-refractivity contribution in [2.75, 3.05) is 6.61 Å². The summed E-state index contributed by atoms with van der Waals surface area (Å²) < 4.78 is 49.9. The molecule has 0 bridgehead atoms. The zero-order chi connectivity index (χ0) is 24.1. The summed E-state index contributed by atoms with van der Waals surface area (Å²) in [6.45, 7) is 4.49. The van der Waals surface area contributed by atoms with Gasteiger partial charge in [0.05, 0.1) is 6.61 Å². The van der Waals surface area contributed by atoms with Crippen LogP contribution in [0.15, 0.2) is 72.5 Å². The molecule has 2 unspecified atom stereocenters. The average molecular weight is 467 g/mol. The molecule has 0 heterocycles. The Labute approximate surface area is 201 Å². The molecule has 2 aliphatic rings. The van der Waals surface area contributed by atoms with Crippen molar-refractivity contribution in [3.05, 3.63) is 89.5 Å². The minimum atomic E-state index is -1.84. The van der Waals surface area contributed by atoms with E-state index in [0.717, 1.165) is 29.9 Å². The Morgan fingerprint density at radius 3 is 2.29 bits per heavy atom. The van der Waals surface area contributed by atoms with E-state index in [1.54, 1.807) is 36.4 Å². The molecule has 0 saturated heterocycles. The van der Waals surface area contributed by atoms with E-state index in [0.29, 0.717) is 30.1 Å². The number of allylic oxidation sites excluding steroid dienone is 5. The van der Waals surface area contributed by atoms with Crippen molar-refractivity contribution in [1.82, 2.24) is 0 Å². The molecule has 180 valence electrons. The second-order valence-corrected chi connectivity index (χ2v) is 9.47. The first-order chi connectivity index (χ1) is 16.5. The van der Waals surface area contributed by atoms with Crippen LogP contribution in [0.5, 0.6) is 0 Å². The van der Waals surface area contributed by atoms with Gasteiger partial charge >= 0.3 is 0 Å². The summed E-state index contributed by atoms with van der Waals surface area (Å²) in [7, 11) is 0. The summed E-state index contributed by atoms with van der Waals surface area (Å²) in [5.74, 6) is 0.968. The number of ether oxygens (including phenoxy) is 1. The van der Waals surface area contributed by atoms with E-state index in [1.165, 1.54) is 18.9 Å². The van der Waals surface area contributed by atoms with Crippen LogP contribution in [-0.4, -0.2) is 19.0 Å². The van der Waals surface area contributed by atoms with Crippen molar-refractivity contribution < 1.29 is 17.9 Å². The lowest BCUT2D eigenvalue weighted by atomic mass is 9.79. The fourth-order valence-corrected chi connectivity index (χ4v) is 4.91. The second-order valence-electron chi connectivity index (χ2n) is 9.47. The number of alkyl halides is 2. The SMILES string of the molecule is C/C=C\CCOC1=CC=C(c2ccc(-c3ccc(C4CCC(C)CC4)cc3F)cc2)C(F)C1F. The number of halogens is 3. The highest BCUT2D eigenvalue weighted by atomic mass is 19.2. The van der Waals surface area contributed by atoms with Crippen molar-refractivity contribution >= 4 is 5.57 Å². The Morgan fingerprint density at radius 2 is 1.62 bits per heavy atom. The highest BCUT2D eigenvalue weighted by Gasteiger charge is 2.32. The maximum atomic E-state index is 15.0. The van der Waals surface area contributed by atoms with Gasteiger partial charge in [-0.15, -0.1) is 0 Å². The standard InChI is InChI=1S/C30H33F3O/c1-3-4-5-18-34-28-17-16-26(29(32)30(28)33)23-12-10-22(11-13-23)25-15-14-24(19-27(25)31)21-8-6-20(2)7-9-21/h3-4,10-17,19-21,29-30H,5-9,18H2,1-2H3/b4-3-. The summed E-state index contributed by atoms with van der Waals surface area (Å²) in [4.78, 5) is 0. The fraction of sp³-hybridized carbons (Fsp3) is 0.400. The highest BCUT2D eigenvalue weighted by molar-refractivity contribution is 5.75. The molecule has 2 aromatic rings. The molecule has 2 atom stereocenters. The van der Waals surface area contributed by atoms with Crippen molar-refractivity contribution in [3.8, 4) is 11.1 Å². The van der Waals surface area contributed by atoms with Gasteiger partial charge in [0, 0.05) is 5.56 Å². The third kappa shape index (κ3) is 5.48. The highest BCUT2D eigenvalue weighted by Crippen LogP contribution is 2.38. The van der Waals surface area contributed by atoms with Gasteiger partial charge in [0.25, 0.3) is 0 Å². The molecule has 1 saturated carbocycles. The Bertz CT molecular complexity index is 1060. The summed E-state index contributed by atoms with van der Waals surface area (Å²) in [5.41, 5.74) is 3.16. The number of rotatable bonds is 7. The maximum absolute atomic E-state index is 15.0. The van der Waals surface area contributed by atoms with Crippen LogP contribution >= 0.6 is 0 Å². The molecule has 34 heavy (non-hydrogen) atoms. The van der Waals surface area contributed by atoms with E-state index in [9.17, 15) is 13.2 Å². The van der Waals surface area contributed by atoms with Crippen molar-refractivity contribution in [1.29, 1.82) is 0 Å². The van der Waals surface area contributed by atoms with Crippen LogP contribution in [0.3, 0.4) is 0 Å². The first-order valence-electron chi connectivity index (χ1n) is 12.3. The zero-order valence-electron chi connectivity index (χ0n) is 19.9. The molecule has 0 radical (unpaired) electrons. The predicted octanol–water partition coefficient (Wildman–Crippen LogP) is 8.73. The molecule has 4 rings (SSSR count). The molecule has 0 N–H and O–H groups in total. The topological polar surface area (TPSA) is 9.23 Å². The van der Waals surface area contributed by atoms with Crippen molar-refractivity contribution in [3.63, 3.8) is 0 Å². The first-order valence-corrected chi connectivity index (χ1v) is 12.3. The Hall–Kier alpha value is -2.75. The van der Waals surface area contributed by atoms with Gasteiger partial charge in [-0.05, 0) is 72.4 Å². The van der Waals surface area contributed by atoms with Crippen LogP contribution < -0.4 is 0 Å². The van der Waals surface area contributed by atoms with Crippen LogP contribution in [0.2, 0.25) is 0 Å². The normalized spacial score (nSPS) is 25.2. The van der Waals surface area contributed by atoms with Gasteiger partial charge in [0.1, 0.15) is 11.6 Å². The van der Waals surface area contributed by atoms with E-state index in [1.807, 2.05) is 31.2 Å². The fourth-order valence-electron chi connectivity index (χ4n) is 4.91. The van der Waals surface area contributed by atoms with Gasteiger partial charge in [-0.25, -0.2) is 13.2 Å². The van der Waals surface area contributed by atoms with Gasteiger partial charge in [0.2, 0.25) is 0 Å². The largest absolute Gasteiger partial charge is 0.494 e. The first kappa shape index (κ1) is 24.4. The molecule has 4 heteroatoms. The predicted molar refractivity (Wildman–Crippen MR) is 133 cm³/mol. The number of hydrogen-bond acceptors (Lipinski definition) is 1. The molecule has 0 spiro atoms. The summed E-state index contributed by atoms with van der Waals surface area (Å²) in [5, 5.41) is 0. The van der Waals surface area contributed by atoms with E-state index in [4.69, 9.17) is 4.74 Å². The van der Waals surface area contributed by atoms with Crippen molar-refractivity contribution in [2.45, 2.75) is 64.2 Å². The molecule has 0 aliphatic heterocycles. The molecule has 0 amide bonds. The quantitative estimate of drug-likeness (QED) is 0.293. The van der Waals surface area contributed by atoms with E-state index in [2.05, 4.69) is 6.92 Å². The van der Waals surface area contributed by atoms with Crippen LogP contribution in [0.4, 0.5) is 13.2 Å². The van der Waals surface area contributed by atoms with Crippen LogP contribution in [0, 0.1) is 11.7 Å². The van der Waals surface area contributed by atoms with Crippen LogP contribution in [0.1, 0.15) is 63.0 Å². The van der Waals surface area contributed by atoms with Gasteiger partial charge < -0.3 is 4.74 Å². The molecule has 2 aliphatic carbocycles. The van der Waals surface area contributed by atoms with Gasteiger partial charge in [-0.3, -0.25) is 0 Å². The van der Waals surface area contributed by atoms with Gasteiger partial charge in [-0.1, -0.05) is 74.4 Å². The molecule has 1 fully saturated rings. The van der Waals surface area contributed by atoms with E-state index >= 15 is 0 Å². The summed E-state index contributed by atoms with van der Waals surface area (Å²) in [6.07, 6.45) is 8.50. The average Bonchev–Trinajstić information content (AvgIpc) is 2.85. The minimum Gasteiger partial charge on any atom is -0.494 e. The lowest BCUT2D eigenvalue weighted by molar-refractivity contribution is 0.123. The summed E-state index contributed by atoms with van der Waals surface area (Å²) in [6, 6.07) is 12.5. The molecule has 0 aromatic heterocycles. The lowest BCUT2D eigenvalue weighted by Crippen LogP contribution is -2.25. The van der Waals surface area contributed by atoms with Crippen LogP contribution in [-0.2, 0) is 4.74 Å². The third-order valence-corrected chi connectivity index (χ3v) is 7.05. The Morgan fingerprint density at radius 1 is 0.912 bits per heavy atom.